The SMILES string of the molecule is C1CCC2C3NC(NC4NC(NC5NC(NC6NC(N3)C3CCCCC63)C3CCCCC53)C3CCCCC43)C2C1.[CH2-]N1C(=O)c2ccccc2C1=O.[Cu+]. The number of imide groups is 1. The molecule has 4 saturated carbocycles. The Balaban J connectivity index is 0.000000245. The van der Waals surface area contributed by atoms with E-state index in [0.29, 0.717) is 60.5 Å². The van der Waals surface area contributed by atoms with Crippen LogP contribution in [0.5, 0.6) is 0 Å². The third kappa shape index (κ3) is 6.68. The zero-order valence-corrected chi connectivity index (χ0v) is 32.1. The van der Waals surface area contributed by atoms with Crippen LogP contribution in [0.3, 0.4) is 0 Å². The van der Waals surface area contributed by atoms with E-state index >= 15 is 0 Å². The quantitative estimate of drug-likeness (QED) is 0.112. The third-order valence-corrected chi connectivity index (χ3v) is 15.7. The number of hydrogen-bond acceptors (Lipinski definition) is 10. The maximum Gasteiger partial charge on any atom is 1.00 e. The van der Waals surface area contributed by atoms with Crippen molar-refractivity contribution < 1.29 is 26.7 Å². The summed E-state index contributed by atoms with van der Waals surface area (Å²) in [4.78, 5) is 23.4. The van der Waals surface area contributed by atoms with Gasteiger partial charge in [0.2, 0.25) is 11.8 Å². The Morgan fingerprint density at radius 2 is 0.585 bits per heavy atom. The van der Waals surface area contributed by atoms with Crippen LogP contribution in [0.4, 0.5) is 0 Å². The van der Waals surface area contributed by atoms with Gasteiger partial charge in [0.25, 0.3) is 0 Å². The van der Waals surface area contributed by atoms with E-state index in [0.717, 1.165) is 52.2 Å². The fraction of sp³-hybridized carbons (Fsp3) is 0.780. The van der Waals surface area contributed by atoms with Gasteiger partial charge in [0.15, 0.2) is 0 Å². The van der Waals surface area contributed by atoms with Gasteiger partial charge in [-0.05, 0) is 111 Å². The summed E-state index contributed by atoms with van der Waals surface area (Å²) in [6, 6.07) is 6.70. The number of hydrogen-bond donors (Lipinski definition) is 8. The molecule has 8 atom stereocenters. The first-order valence-electron chi connectivity index (χ1n) is 21.4. The van der Waals surface area contributed by atoms with Crippen molar-refractivity contribution in [3.05, 3.63) is 42.4 Å². The van der Waals surface area contributed by atoms with Crippen molar-refractivity contribution in [2.45, 2.75) is 152 Å². The Labute approximate surface area is 326 Å². The van der Waals surface area contributed by atoms with Crippen LogP contribution in [-0.4, -0.2) is 66.0 Å². The van der Waals surface area contributed by atoms with Crippen LogP contribution in [0, 0.1) is 54.4 Å². The fourth-order valence-electron chi connectivity index (χ4n) is 13.2. The Morgan fingerprint density at radius 3 is 0.774 bits per heavy atom. The van der Waals surface area contributed by atoms with Gasteiger partial charge in [0, 0.05) is 11.1 Å². The number of benzene rings is 1. The molecule has 8 bridgehead atoms. The Morgan fingerprint density at radius 1 is 0.396 bits per heavy atom. The van der Waals surface area contributed by atoms with Crippen molar-refractivity contribution in [3.8, 4) is 0 Å². The van der Waals surface area contributed by atoms with Crippen molar-refractivity contribution in [3.63, 3.8) is 0 Å². The molecule has 8 unspecified atom stereocenters. The summed E-state index contributed by atoms with van der Waals surface area (Å²) in [5, 5.41) is 33.8. The van der Waals surface area contributed by atoms with Crippen LogP contribution in [0.25, 0.3) is 0 Å². The molecule has 11 rings (SSSR count). The number of nitrogens with one attached hydrogen (secondary N) is 8. The molecule has 0 spiro atoms. The predicted octanol–water partition coefficient (Wildman–Crippen LogP) is 3.68. The van der Waals surface area contributed by atoms with E-state index in [9.17, 15) is 9.59 Å². The van der Waals surface area contributed by atoms with Gasteiger partial charge in [-0.1, -0.05) is 63.5 Å². The second-order valence-corrected chi connectivity index (χ2v) is 18.2. The first-order valence-corrected chi connectivity index (χ1v) is 21.4. The van der Waals surface area contributed by atoms with Crippen LogP contribution >= 0.6 is 0 Å². The van der Waals surface area contributed by atoms with E-state index in [2.05, 4.69) is 49.6 Å². The maximum atomic E-state index is 11.2. The Hall–Kier alpha value is -1.44. The van der Waals surface area contributed by atoms with Crippen molar-refractivity contribution in [1.29, 1.82) is 0 Å². The standard InChI is InChI=1S/C32H56N8.C9H6NO2.Cu/c1-2-10-18-17(9-1)25-33-26(18)38-28-21-13-5-6-14-22(21)30(35-28)40-32-24-16-8-7-15-23(24)31(36-32)39-29-20-12-4-3-11-19(20)27(34-29)37-25;1-10-8(11)6-4-2-3-5-7(6)9(10)12;/h17-40H,1-16H2;2-5H,1H2;/q;-1;+1. The van der Waals surface area contributed by atoms with Crippen molar-refractivity contribution in [2.75, 3.05) is 0 Å². The number of amides is 2. The Kier molecular flexibility index (Phi) is 10.9. The minimum Gasteiger partial charge on any atom is -0.430 e. The van der Waals surface area contributed by atoms with Crippen LogP contribution < -0.4 is 42.5 Å². The van der Waals surface area contributed by atoms with Gasteiger partial charge in [0.1, 0.15) is 0 Å². The monoisotopic (exact) mass is 775 g/mol. The van der Waals surface area contributed by atoms with Crippen LogP contribution in [0.2, 0.25) is 0 Å². The molecule has 11 nitrogen and oxygen atoms in total. The smallest absolute Gasteiger partial charge is 0.430 e. The molecule has 0 radical (unpaired) electrons. The Bertz CT molecular complexity index is 1260. The molecule has 294 valence electrons. The molecule has 1 aromatic carbocycles. The number of fused-ring (bicyclic) bond motifs is 21. The summed E-state index contributed by atoms with van der Waals surface area (Å²) in [5.74, 6) is 5.32. The topological polar surface area (TPSA) is 134 Å². The van der Waals surface area contributed by atoms with Gasteiger partial charge in [-0.15, -0.1) is 0 Å². The molecular formula is C41H62CuN9O2. The van der Waals surface area contributed by atoms with Crippen molar-refractivity contribution in [2.24, 2.45) is 47.3 Å². The predicted molar refractivity (Wildman–Crippen MR) is 199 cm³/mol. The summed E-state index contributed by atoms with van der Waals surface area (Å²) in [6.07, 6.45) is 25.6. The molecule has 4 aliphatic carbocycles. The number of rotatable bonds is 0. The molecular weight excluding hydrogens is 714 g/mol. The van der Waals surface area contributed by atoms with Gasteiger partial charge in [-0.3, -0.25) is 52.1 Å². The zero-order chi connectivity index (χ0) is 34.9. The first-order chi connectivity index (χ1) is 25.5. The molecule has 0 aromatic heterocycles. The second kappa shape index (κ2) is 15.5. The van der Waals surface area contributed by atoms with E-state index in [1.165, 1.54) is 103 Å². The van der Waals surface area contributed by atoms with E-state index < -0.39 is 0 Å². The molecule has 9 fully saturated rings. The summed E-state index contributed by atoms with van der Waals surface area (Å²) < 4.78 is 0. The summed E-state index contributed by atoms with van der Waals surface area (Å²) >= 11 is 0. The third-order valence-electron chi connectivity index (χ3n) is 15.7. The summed E-state index contributed by atoms with van der Waals surface area (Å²) in [5.41, 5.74) is 0.884. The zero-order valence-electron chi connectivity index (χ0n) is 31.1. The maximum absolute atomic E-state index is 11.2. The van der Waals surface area contributed by atoms with Gasteiger partial charge in [-0.2, -0.15) is 0 Å². The molecule has 8 N–H and O–H groups in total. The molecule has 1 aromatic rings. The van der Waals surface area contributed by atoms with E-state index in [1.807, 2.05) is 0 Å². The van der Waals surface area contributed by atoms with Gasteiger partial charge < -0.3 is 4.90 Å². The minimum atomic E-state index is -0.324. The van der Waals surface area contributed by atoms with E-state index in [-0.39, 0.29) is 28.9 Å². The number of nitrogens with zero attached hydrogens (tertiary/aromatic N) is 1. The minimum absolute atomic E-state index is 0. The molecule has 2 amide bonds. The average molecular weight is 777 g/mol. The molecule has 5 saturated heterocycles. The second-order valence-electron chi connectivity index (χ2n) is 18.2. The normalized spacial score (nSPS) is 46.9. The molecule has 6 heterocycles. The van der Waals surface area contributed by atoms with E-state index in [1.54, 1.807) is 24.3 Å². The van der Waals surface area contributed by atoms with Crippen LogP contribution in [-0.2, 0) is 17.1 Å². The first kappa shape index (κ1) is 37.2. The molecule has 53 heavy (non-hydrogen) atoms. The molecule has 10 aliphatic rings. The van der Waals surface area contributed by atoms with Crippen molar-refractivity contribution in [1.82, 2.24) is 47.4 Å². The van der Waals surface area contributed by atoms with Gasteiger partial charge in [0.05, 0.1) is 49.3 Å². The van der Waals surface area contributed by atoms with Crippen LogP contribution in [0.15, 0.2) is 24.3 Å². The number of carbonyl (C=O) groups excluding carboxylic acids is 2. The molecule has 12 heteroatoms. The summed E-state index contributed by atoms with van der Waals surface area (Å²) in [6.45, 7) is 0. The summed E-state index contributed by atoms with van der Waals surface area (Å²) in [7, 11) is 3.35. The fourth-order valence-corrected chi connectivity index (χ4v) is 13.2. The van der Waals surface area contributed by atoms with Gasteiger partial charge in [-0.25, -0.2) is 7.05 Å². The average Bonchev–Trinajstić information content (AvgIpc) is 3.96. The largest absolute Gasteiger partial charge is 1.00 e. The van der Waals surface area contributed by atoms with E-state index in [4.69, 9.17) is 0 Å². The van der Waals surface area contributed by atoms with Crippen LogP contribution in [0.1, 0.15) is 123 Å². The van der Waals surface area contributed by atoms with Gasteiger partial charge >= 0.3 is 17.1 Å². The number of carbonyl (C=O) groups is 2. The molecule has 6 aliphatic heterocycles. The van der Waals surface area contributed by atoms with Crippen molar-refractivity contribution >= 4 is 11.8 Å².